The Morgan fingerprint density at radius 1 is 1.40 bits per heavy atom. The number of hydrogen-bond acceptors (Lipinski definition) is 5. The number of aliphatic hydroxyl groups is 3. The van der Waals surface area contributed by atoms with Crippen LogP contribution in [0.3, 0.4) is 0 Å². The van der Waals surface area contributed by atoms with Crippen molar-refractivity contribution in [2.75, 3.05) is 6.61 Å². The second-order valence-electron chi connectivity index (χ2n) is 3.03. The molecule has 1 aromatic heterocycles. The molecule has 6 nitrogen and oxygen atoms in total. The van der Waals surface area contributed by atoms with Crippen molar-refractivity contribution in [3.8, 4) is 0 Å². The molecule has 4 N–H and O–H groups in total. The molecule has 0 saturated carbocycles. The summed E-state index contributed by atoms with van der Waals surface area (Å²) in [6, 6.07) is 2.46. The number of hydrogen-bond donors (Lipinski definition) is 4. The van der Waals surface area contributed by atoms with Crippen molar-refractivity contribution in [3.05, 3.63) is 23.7 Å². The first-order valence-corrected chi connectivity index (χ1v) is 4.36. The molecule has 1 aromatic rings. The lowest BCUT2D eigenvalue weighted by atomic mass is 10.1. The van der Waals surface area contributed by atoms with Crippen LogP contribution in [-0.4, -0.2) is 39.1 Å². The topological polar surface area (TPSA) is 111 Å². The highest BCUT2D eigenvalue weighted by atomic mass is 16.4. The standard InChI is InChI=1S/C9H12O6/c10-4-3-5(11)8(12)6-1-2-7(15-6)9(13)14/h1-2,5,8,10-12H,3-4H2,(H,13,14). The van der Waals surface area contributed by atoms with Crippen LogP contribution in [0.15, 0.2) is 16.5 Å². The van der Waals surface area contributed by atoms with Crippen LogP contribution < -0.4 is 0 Å². The van der Waals surface area contributed by atoms with Gasteiger partial charge < -0.3 is 24.8 Å². The predicted octanol–water partition coefficient (Wildman–Crippen LogP) is -0.245. The van der Waals surface area contributed by atoms with Gasteiger partial charge in [0.25, 0.3) is 0 Å². The van der Waals surface area contributed by atoms with Gasteiger partial charge in [-0.15, -0.1) is 0 Å². The second kappa shape index (κ2) is 4.92. The van der Waals surface area contributed by atoms with E-state index < -0.39 is 18.2 Å². The van der Waals surface area contributed by atoms with Gasteiger partial charge in [-0.2, -0.15) is 0 Å². The van der Waals surface area contributed by atoms with Crippen LogP contribution in [0.2, 0.25) is 0 Å². The number of carbonyl (C=O) groups is 1. The molecule has 0 aliphatic rings. The molecular weight excluding hydrogens is 204 g/mol. The van der Waals surface area contributed by atoms with Crippen molar-refractivity contribution >= 4 is 5.97 Å². The zero-order valence-corrected chi connectivity index (χ0v) is 7.83. The van der Waals surface area contributed by atoms with Crippen LogP contribution in [-0.2, 0) is 0 Å². The minimum atomic E-state index is -1.33. The number of furan rings is 1. The molecule has 0 saturated heterocycles. The van der Waals surface area contributed by atoms with Gasteiger partial charge in [0.15, 0.2) is 0 Å². The van der Waals surface area contributed by atoms with E-state index in [1.165, 1.54) is 12.1 Å². The van der Waals surface area contributed by atoms with E-state index in [1.807, 2.05) is 0 Å². The van der Waals surface area contributed by atoms with Crippen molar-refractivity contribution in [1.82, 2.24) is 0 Å². The average Bonchev–Trinajstić information content (AvgIpc) is 2.65. The van der Waals surface area contributed by atoms with Gasteiger partial charge in [-0.1, -0.05) is 0 Å². The van der Waals surface area contributed by atoms with E-state index in [0.717, 1.165) is 0 Å². The van der Waals surface area contributed by atoms with Crippen molar-refractivity contribution in [2.24, 2.45) is 0 Å². The van der Waals surface area contributed by atoms with E-state index in [0.29, 0.717) is 0 Å². The van der Waals surface area contributed by atoms with Gasteiger partial charge in [0.2, 0.25) is 5.76 Å². The maximum Gasteiger partial charge on any atom is 0.371 e. The van der Waals surface area contributed by atoms with Gasteiger partial charge in [-0.3, -0.25) is 0 Å². The zero-order chi connectivity index (χ0) is 11.4. The molecule has 1 heterocycles. The van der Waals surface area contributed by atoms with E-state index >= 15 is 0 Å². The largest absolute Gasteiger partial charge is 0.475 e. The molecule has 15 heavy (non-hydrogen) atoms. The molecule has 0 aromatic carbocycles. The highest BCUT2D eigenvalue weighted by Gasteiger charge is 2.22. The first-order valence-electron chi connectivity index (χ1n) is 4.36. The fourth-order valence-corrected chi connectivity index (χ4v) is 1.11. The Kier molecular flexibility index (Phi) is 3.84. The first-order chi connectivity index (χ1) is 7.06. The van der Waals surface area contributed by atoms with Gasteiger partial charge in [-0.25, -0.2) is 4.79 Å². The molecule has 0 radical (unpaired) electrons. The van der Waals surface area contributed by atoms with E-state index in [4.69, 9.17) is 14.6 Å². The van der Waals surface area contributed by atoms with Crippen LogP contribution in [0.4, 0.5) is 0 Å². The normalized spacial score (nSPS) is 14.9. The molecule has 1 rings (SSSR count). The molecular formula is C9H12O6. The summed E-state index contributed by atoms with van der Waals surface area (Å²) in [5.74, 6) is -1.58. The van der Waals surface area contributed by atoms with E-state index in [1.54, 1.807) is 0 Å². The summed E-state index contributed by atoms with van der Waals surface area (Å²) < 4.78 is 4.78. The Balaban J connectivity index is 2.73. The number of aromatic carboxylic acids is 1. The van der Waals surface area contributed by atoms with E-state index in [9.17, 15) is 15.0 Å². The average molecular weight is 216 g/mol. The molecule has 0 spiro atoms. The minimum absolute atomic E-state index is 0.00965. The molecule has 0 aliphatic carbocycles. The van der Waals surface area contributed by atoms with Gasteiger partial charge in [0.1, 0.15) is 11.9 Å². The Morgan fingerprint density at radius 3 is 2.53 bits per heavy atom. The number of rotatable bonds is 5. The predicted molar refractivity (Wildman–Crippen MR) is 48.3 cm³/mol. The maximum atomic E-state index is 10.5. The van der Waals surface area contributed by atoms with Crippen molar-refractivity contribution in [1.29, 1.82) is 0 Å². The van der Waals surface area contributed by atoms with Gasteiger partial charge in [0.05, 0.1) is 6.10 Å². The number of aliphatic hydroxyl groups excluding tert-OH is 3. The summed E-state index contributed by atoms with van der Waals surface area (Å²) in [5.41, 5.74) is 0. The summed E-state index contributed by atoms with van der Waals surface area (Å²) in [6.07, 6.45) is -2.52. The summed E-state index contributed by atoms with van der Waals surface area (Å²) in [7, 11) is 0. The second-order valence-corrected chi connectivity index (χ2v) is 3.03. The smallest absolute Gasteiger partial charge is 0.371 e. The Hall–Kier alpha value is -1.37. The SMILES string of the molecule is O=C(O)c1ccc(C(O)C(O)CCO)o1. The Labute approximate surface area is 85.4 Å². The summed E-state index contributed by atoms with van der Waals surface area (Å²) in [5, 5.41) is 35.8. The fraction of sp³-hybridized carbons (Fsp3) is 0.444. The van der Waals surface area contributed by atoms with Crippen LogP contribution in [0.1, 0.15) is 28.8 Å². The molecule has 6 heteroatoms. The minimum Gasteiger partial charge on any atom is -0.475 e. The summed E-state index contributed by atoms with van der Waals surface area (Å²) >= 11 is 0. The van der Waals surface area contributed by atoms with Crippen LogP contribution >= 0.6 is 0 Å². The van der Waals surface area contributed by atoms with Crippen molar-refractivity contribution < 1.29 is 29.6 Å². The molecule has 84 valence electrons. The zero-order valence-electron chi connectivity index (χ0n) is 7.83. The van der Waals surface area contributed by atoms with Crippen molar-refractivity contribution in [2.45, 2.75) is 18.6 Å². The fourth-order valence-electron chi connectivity index (χ4n) is 1.11. The third-order valence-corrected chi connectivity index (χ3v) is 1.92. The highest BCUT2D eigenvalue weighted by molar-refractivity contribution is 5.84. The van der Waals surface area contributed by atoms with E-state index in [2.05, 4.69) is 0 Å². The van der Waals surface area contributed by atoms with Crippen LogP contribution in [0.5, 0.6) is 0 Å². The van der Waals surface area contributed by atoms with E-state index in [-0.39, 0.29) is 24.5 Å². The van der Waals surface area contributed by atoms with Crippen LogP contribution in [0.25, 0.3) is 0 Å². The van der Waals surface area contributed by atoms with Gasteiger partial charge >= 0.3 is 5.97 Å². The third-order valence-electron chi connectivity index (χ3n) is 1.92. The Bertz CT molecular complexity index is 331. The summed E-state index contributed by atoms with van der Waals surface area (Å²) in [4.78, 5) is 10.5. The maximum absolute atomic E-state index is 10.5. The van der Waals surface area contributed by atoms with Crippen molar-refractivity contribution in [3.63, 3.8) is 0 Å². The molecule has 2 unspecified atom stereocenters. The lowest BCUT2D eigenvalue weighted by Crippen LogP contribution is -2.19. The first kappa shape index (κ1) is 11.7. The molecule has 0 amide bonds. The summed E-state index contributed by atoms with van der Waals surface area (Å²) in [6.45, 7) is -0.273. The van der Waals surface area contributed by atoms with Gasteiger partial charge in [-0.05, 0) is 18.6 Å². The molecule has 0 bridgehead atoms. The molecule has 2 atom stereocenters. The van der Waals surface area contributed by atoms with Crippen LogP contribution in [0, 0.1) is 0 Å². The lowest BCUT2D eigenvalue weighted by molar-refractivity contribution is -0.00794. The van der Waals surface area contributed by atoms with Gasteiger partial charge in [0, 0.05) is 6.61 Å². The highest BCUT2D eigenvalue weighted by Crippen LogP contribution is 2.21. The monoisotopic (exact) mass is 216 g/mol. The number of carboxylic acid groups (broad SMARTS) is 1. The number of carboxylic acids is 1. The molecule has 0 fully saturated rings. The quantitative estimate of drug-likeness (QED) is 0.540. The third kappa shape index (κ3) is 2.79. The Morgan fingerprint density at radius 2 is 2.07 bits per heavy atom. The lowest BCUT2D eigenvalue weighted by Gasteiger charge is -2.13. The molecule has 0 aliphatic heterocycles.